The van der Waals surface area contributed by atoms with Crippen LogP contribution in [0.4, 0.5) is 0 Å². The van der Waals surface area contributed by atoms with Crippen LogP contribution in [0.15, 0.2) is 49.1 Å². The van der Waals surface area contributed by atoms with Gasteiger partial charge in [-0.3, -0.25) is 4.90 Å². The van der Waals surface area contributed by atoms with Crippen LogP contribution in [0.25, 0.3) is 0 Å². The first-order chi connectivity index (χ1) is 12.0. The third-order valence-electron chi connectivity index (χ3n) is 4.71. The molecule has 5 heteroatoms. The SMILES string of the molecule is C=C/C=C(\C=C)C1CC(CO)CCN1Cc1cc(Cl)c(Cl)cc1OC. The topological polar surface area (TPSA) is 32.7 Å². The third kappa shape index (κ3) is 4.89. The van der Waals surface area contributed by atoms with Crippen molar-refractivity contribution in [2.45, 2.75) is 25.4 Å². The first-order valence-electron chi connectivity index (χ1n) is 8.35. The maximum atomic E-state index is 9.58. The Morgan fingerprint density at radius 2 is 2.08 bits per heavy atom. The Morgan fingerprint density at radius 1 is 1.36 bits per heavy atom. The normalized spacial score (nSPS) is 21.8. The van der Waals surface area contributed by atoms with Crippen LogP contribution in [0.1, 0.15) is 18.4 Å². The smallest absolute Gasteiger partial charge is 0.124 e. The Hall–Kier alpha value is -1.26. The molecule has 3 nitrogen and oxygen atoms in total. The van der Waals surface area contributed by atoms with Crippen LogP contribution in [0.3, 0.4) is 0 Å². The molecule has 2 unspecified atom stereocenters. The molecule has 136 valence electrons. The van der Waals surface area contributed by atoms with E-state index in [1.807, 2.05) is 18.2 Å². The molecule has 0 aromatic heterocycles. The molecule has 1 aromatic rings. The molecule has 2 rings (SSSR count). The van der Waals surface area contributed by atoms with Gasteiger partial charge in [0.2, 0.25) is 0 Å². The van der Waals surface area contributed by atoms with Crippen molar-refractivity contribution >= 4 is 23.2 Å². The largest absolute Gasteiger partial charge is 0.496 e. The fourth-order valence-corrected chi connectivity index (χ4v) is 3.68. The van der Waals surface area contributed by atoms with Gasteiger partial charge in [-0.15, -0.1) is 0 Å². The number of nitrogens with zero attached hydrogens (tertiary/aromatic N) is 1. The van der Waals surface area contributed by atoms with Crippen LogP contribution in [0, 0.1) is 5.92 Å². The number of rotatable bonds is 7. The molecule has 0 radical (unpaired) electrons. The fraction of sp³-hybridized carbons (Fsp3) is 0.400. The van der Waals surface area contributed by atoms with Crippen molar-refractivity contribution in [3.05, 3.63) is 64.7 Å². The lowest BCUT2D eigenvalue weighted by molar-refractivity contribution is 0.0924. The maximum absolute atomic E-state index is 9.58. The summed E-state index contributed by atoms with van der Waals surface area (Å²) >= 11 is 12.3. The van der Waals surface area contributed by atoms with Crippen LogP contribution >= 0.6 is 23.2 Å². The van der Waals surface area contributed by atoms with Crippen molar-refractivity contribution < 1.29 is 9.84 Å². The number of piperidine rings is 1. The van der Waals surface area contributed by atoms with Gasteiger partial charge in [-0.05, 0) is 36.9 Å². The van der Waals surface area contributed by atoms with Gasteiger partial charge in [-0.1, -0.05) is 54.6 Å². The molecule has 0 spiro atoms. The molecule has 0 amide bonds. The number of hydrogen-bond donors (Lipinski definition) is 1. The minimum absolute atomic E-state index is 0.167. The number of hydrogen-bond acceptors (Lipinski definition) is 3. The van der Waals surface area contributed by atoms with Crippen LogP contribution < -0.4 is 4.74 Å². The number of aliphatic hydroxyl groups excluding tert-OH is 1. The molecule has 2 atom stereocenters. The fourth-order valence-electron chi connectivity index (χ4n) is 3.34. The number of allylic oxidation sites excluding steroid dienone is 2. The second-order valence-electron chi connectivity index (χ2n) is 6.24. The molecule has 25 heavy (non-hydrogen) atoms. The van der Waals surface area contributed by atoms with Gasteiger partial charge in [0.1, 0.15) is 5.75 Å². The van der Waals surface area contributed by atoms with E-state index >= 15 is 0 Å². The molecular formula is C20H25Cl2NO2. The van der Waals surface area contributed by atoms with Gasteiger partial charge in [0.15, 0.2) is 0 Å². The van der Waals surface area contributed by atoms with E-state index < -0.39 is 0 Å². The predicted octanol–water partition coefficient (Wildman–Crippen LogP) is 4.87. The minimum atomic E-state index is 0.167. The van der Waals surface area contributed by atoms with E-state index in [1.165, 1.54) is 0 Å². The van der Waals surface area contributed by atoms with E-state index in [4.69, 9.17) is 27.9 Å². The molecule has 0 aliphatic carbocycles. The summed E-state index contributed by atoms with van der Waals surface area (Å²) in [4.78, 5) is 2.37. The second-order valence-corrected chi connectivity index (χ2v) is 7.06. The van der Waals surface area contributed by atoms with E-state index in [9.17, 15) is 5.11 Å². The highest BCUT2D eigenvalue weighted by atomic mass is 35.5. The zero-order chi connectivity index (χ0) is 18.4. The maximum Gasteiger partial charge on any atom is 0.124 e. The van der Waals surface area contributed by atoms with Crippen molar-refractivity contribution in [3.63, 3.8) is 0 Å². The van der Waals surface area contributed by atoms with Gasteiger partial charge < -0.3 is 9.84 Å². The Morgan fingerprint density at radius 3 is 2.68 bits per heavy atom. The average Bonchev–Trinajstić information content (AvgIpc) is 2.63. The van der Waals surface area contributed by atoms with Crippen LogP contribution in [0.2, 0.25) is 10.0 Å². The molecule has 1 aliphatic rings. The van der Waals surface area contributed by atoms with E-state index in [0.717, 1.165) is 36.3 Å². The first-order valence-corrected chi connectivity index (χ1v) is 9.11. The molecule has 1 fully saturated rings. The molecule has 1 N–H and O–H groups in total. The summed E-state index contributed by atoms with van der Waals surface area (Å²) in [6.45, 7) is 9.50. The van der Waals surface area contributed by atoms with Gasteiger partial charge in [-0.2, -0.15) is 0 Å². The van der Waals surface area contributed by atoms with Crippen molar-refractivity contribution in [3.8, 4) is 5.75 Å². The molecule has 1 aliphatic heterocycles. The van der Waals surface area contributed by atoms with Crippen molar-refractivity contribution in [1.29, 1.82) is 0 Å². The molecule has 1 saturated heterocycles. The van der Waals surface area contributed by atoms with Crippen LogP contribution in [-0.4, -0.2) is 36.3 Å². The van der Waals surface area contributed by atoms with E-state index in [2.05, 4.69) is 18.1 Å². The van der Waals surface area contributed by atoms with Crippen molar-refractivity contribution in [1.82, 2.24) is 4.90 Å². The number of aliphatic hydroxyl groups is 1. The van der Waals surface area contributed by atoms with E-state index in [-0.39, 0.29) is 12.6 Å². The highest BCUT2D eigenvalue weighted by Gasteiger charge is 2.30. The summed E-state index contributed by atoms with van der Waals surface area (Å²) in [5, 5.41) is 10.6. The quantitative estimate of drug-likeness (QED) is 0.683. The average molecular weight is 382 g/mol. The second kappa shape index (κ2) is 9.44. The molecule has 1 aromatic carbocycles. The van der Waals surface area contributed by atoms with Crippen LogP contribution in [-0.2, 0) is 6.54 Å². The lowest BCUT2D eigenvalue weighted by atomic mass is 9.86. The molecule has 1 heterocycles. The Balaban J connectivity index is 2.32. The highest BCUT2D eigenvalue weighted by molar-refractivity contribution is 6.42. The van der Waals surface area contributed by atoms with Gasteiger partial charge in [-0.25, -0.2) is 0 Å². The number of likely N-dealkylation sites (tertiary alicyclic amines) is 1. The monoisotopic (exact) mass is 381 g/mol. The summed E-state index contributed by atoms with van der Waals surface area (Å²) in [7, 11) is 1.63. The van der Waals surface area contributed by atoms with Gasteiger partial charge in [0, 0.05) is 30.8 Å². The summed E-state index contributed by atoms with van der Waals surface area (Å²) in [5.41, 5.74) is 2.10. The zero-order valence-electron chi connectivity index (χ0n) is 14.5. The number of halogens is 2. The van der Waals surface area contributed by atoms with Crippen molar-refractivity contribution in [2.75, 3.05) is 20.3 Å². The summed E-state index contributed by atoms with van der Waals surface area (Å²) in [6, 6.07) is 3.78. The molecular weight excluding hydrogens is 357 g/mol. The van der Waals surface area contributed by atoms with Gasteiger partial charge in [0.05, 0.1) is 17.2 Å². The Labute approximate surface area is 160 Å². The third-order valence-corrected chi connectivity index (χ3v) is 5.43. The highest BCUT2D eigenvalue weighted by Crippen LogP contribution is 2.34. The predicted molar refractivity (Wildman–Crippen MR) is 105 cm³/mol. The number of ether oxygens (including phenoxy) is 1. The number of benzene rings is 1. The summed E-state index contributed by atoms with van der Waals surface area (Å²) in [6.07, 6.45) is 7.46. The van der Waals surface area contributed by atoms with Gasteiger partial charge >= 0.3 is 0 Å². The first kappa shape index (κ1) is 20.1. The molecule has 0 saturated carbocycles. The van der Waals surface area contributed by atoms with Crippen molar-refractivity contribution in [2.24, 2.45) is 5.92 Å². The summed E-state index contributed by atoms with van der Waals surface area (Å²) < 4.78 is 5.47. The van der Waals surface area contributed by atoms with E-state index in [0.29, 0.717) is 22.5 Å². The minimum Gasteiger partial charge on any atom is -0.496 e. The van der Waals surface area contributed by atoms with E-state index in [1.54, 1.807) is 19.3 Å². The lowest BCUT2D eigenvalue weighted by Crippen LogP contribution is -2.43. The molecule has 0 bridgehead atoms. The lowest BCUT2D eigenvalue weighted by Gasteiger charge is -2.40. The Bertz CT molecular complexity index is 657. The van der Waals surface area contributed by atoms with Gasteiger partial charge in [0.25, 0.3) is 0 Å². The van der Waals surface area contributed by atoms with Crippen LogP contribution in [0.5, 0.6) is 5.75 Å². The summed E-state index contributed by atoms with van der Waals surface area (Å²) in [5.74, 6) is 1.02. The Kier molecular flexibility index (Phi) is 7.57. The number of methoxy groups -OCH3 is 1. The standard InChI is InChI=1S/C20H25Cl2NO2/c1-4-6-15(5-2)19-9-14(13-24)7-8-23(19)12-16-10-17(21)18(22)11-20(16)25-3/h4-6,10-11,14,19,24H,1-2,7-9,12-13H2,3H3/b15-6+. The zero-order valence-corrected chi connectivity index (χ0v) is 16.1.